The van der Waals surface area contributed by atoms with Gasteiger partial charge in [-0.2, -0.15) is 0 Å². The van der Waals surface area contributed by atoms with E-state index in [1.54, 1.807) is 0 Å². The Hall–Kier alpha value is -0.340. The van der Waals surface area contributed by atoms with Gasteiger partial charge in [-0.3, -0.25) is 0 Å². The normalized spacial score (nSPS) is 36.9. The summed E-state index contributed by atoms with van der Waals surface area (Å²) in [6, 6.07) is 0. The first-order valence-electron chi connectivity index (χ1n) is 5.48. The fraction of sp³-hybridized carbons (Fsp3) is 0.833. The van der Waals surface area contributed by atoms with E-state index in [0.29, 0.717) is 18.6 Å². The molecule has 1 fully saturated rings. The van der Waals surface area contributed by atoms with E-state index >= 15 is 0 Å². The summed E-state index contributed by atoms with van der Waals surface area (Å²) >= 11 is 0. The molecule has 1 aliphatic heterocycles. The third-order valence-corrected chi connectivity index (χ3v) is 3.96. The fourth-order valence-electron chi connectivity index (χ4n) is 2.91. The summed E-state index contributed by atoms with van der Waals surface area (Å²) in [5, 5.41) is 0. The first-order valence-corrected chi connectivity index (χ1v) is 5.48. The van der Waals surface area contributed by atoms with E-state index < -0.39 is 0 Å². The molecule has 1 heterocycles. The molecule has 2 nitrogen and oxygen atoms in total. The SMILES string of the molecule is CC1=C[C@@H](C)C2(COCOC2)[C@@H](C)C1. The minimum absolute atomic E-state index is 0.234. The molecule has 0 bridgehead atoms. The van der Waals surface area contributed by atoms with E-state index in [2.05, 4.69) is 26.8 Å². The van der Waals surface area contributed by atoms with E-state index in [9.17, 15) is 0 Å². The number of hydrogen-bond donors (Lipinski definition) is 0. The molecule has 0 amide bonds. The zero-order valence-electron chi connectivity index (χ0n) is 9.38. The molecule has 0 aromatic heterocycles. The Morgan fingerprint density at radius 3 is 2.50 bits per heavy atom. The van der Waals surface area contributed by atoms with Crippen molar-refractivity contribution in [2.24, 2.45) is 17.3 Å². The third-order valence-electron chi connectivity index (χ3n) is 3.96. The van der Waals surface area contributed by atoms with E-state index in [1.165, 1.54) is 12.0 Å². The molecule has 2 heteroatoms. The highest BCUT2D eigenvalue weighted by Crippen LogP contribution is 2.45. The van der Waals surface area contributed by atoms with Crippen molar-refractivity contribution in [3.63, 3.8) is 0 Å². The first kappa shape index (κ1) is 10.2. The van der Waals surface area contributed by atoms with Crippen molar-refractivity contribution in [3.05, 3.63) is 11.6 Å². The van der Waals surface area contributed by atoms with Gasteiger partial charge in [-0.15, -0.1) is 0 Å². The Morgan fingerprint density at radius 2 is 1.93 bits per heavy atom. The van der Waals surface area contributed by atoms with Crippen molar-refractivity contribution in [1.29, 1.82) is 0 Å². The van der Waals surface area contributed by atoms with Gasteiger partial charge in [0, 0.05) is 5.41 Å². The van der Waals surface area contributed by atoms with Crippen LogP contribution in [0.4, 0.5) is 0 Å². The van der Waals surface area contributed by atoms with Gasteiger partial charge < -0.3 is 9.47 Å². The highest BCUT2D eigenvalue weighted by molar-refractivity contribution is 5.13. The van der Waals surface area contributed by atoms with Crippen LogP contribution in [0.3, 0.4) is 0 Å². The fourth-order valence-corrected chi connectivity index (χ4v) is 2.91. The molecular formula is C12H20O2. The average Bonchev–Trinajstić information content (AvgIpc) is 2.16. The van der Waals surface area contributed by atoms with Crippen molar-refractivity contribution in [3.8, 4) is 0 Å². The maximum absolute atomic E-state index is 5.49. The summed E-state index contributed by atoms with van der Waals surface area (Å²) in [6.07, 6.45) is 3.58. The first-order chi connectivity index (χ1) is 6.65. The molecule has 0 aromatic rings. The Kier molecular flexibility index (Phi) is 2.67. The monoisotopic (exact) mass is 196 g/mol. The van der Waals surface area contributed by atoms with Crippen molar-refractivity contribution in [2.75, 3.05) is 20.0 Å². The van der Waals surface area contributed by atoms with Crippen LogP contribution >= 0.6 is 0 Å². The molecule has 0 aromatic carbocycles. The average molecular weight is 196 g/mol. The van der Waals surface area contributed by atoms with Gasteiger partial charge in [0.1, 0.15) is 6.79 Å². The van der Waals surface area contributed by atoms with Gasteiger partial charge >= 0.3 is 0 Å². The molecule has 0 N–H and O–H groups in total. The molecular weight excluding hydrogens is 176 g/mol. The standard InChI is InChI=1S/C12H20O2/c1-9-4-10(2)12(11(3)5-9)6-13-8-14-7-12/h4,10-11H,5-8H2,1-3H3/t10-,11+/m1/s1. The van der Waals surface area contributed by atoms with E-state index in [4.69, 9.17) is 9.47 Å². The number of rotatable bonds is 0. The number of allylic oxidation sites excluding steroid dienone is 2. The second-order valence-corrected chi connectivity index (χ2v) is 4.95. The second kappa shape index (κ2) is 3.67. The predicted octanol–water partition coefficient (Wildman–Crippen LogP) is 2.60. The van der Waals surface area contributed by atoms with Gasteiger partial charge in [-0.05, 0) is 25.2 Å². The van der Waals surface area contributed by atoms with Gasteiger partial charge in [0.2, 0.25) is 0 Å². The summed E-state index contributed by atoms with van der Waals surface area (Å²) in [4.78, 5) is 0. The van der Waals surface area contributed by atoms with Crippen LogP contribution in [-0.2, 0) is 9.47 Å². The maximum Gasteiger partial charge on any atom is 0.146 e. The van der Waals surface area contributed by atoms with Gasteiger partial charge in [0.15, 0.2) is 0 Å². The van der Waals surface area contributed by atoms with Gasteiger partial charge in [-0.25, -0.2) is 0 Å². The van der Waals surface area contributed by atoms with Crippen LogP contribution in [0, 0.1) is 17.3 Å². The van der Waals surface area contributed by atoms with Crippen LogP contribution in [-0.4, -0.2) is 20.0 Å². The van der Waals surface area contributed by atoms with E-state index in [-0.39, 0.29) is 5.41 Å². The number of ether oxygens (including phenoxy) is 2. The van der Waals surface area contributed by atoms with Gasteiger partial charge in [-0.1, -0.05) is 25.5 Å². The second-order valence-electron chi connectivity index (χ2n) is 4.95. The molecule has 2 aliphatic rings. The summed E-state index contributed by atoms with van der Waals surface area (Å²) in [7, 11) is 0. The highest BCUT2D eigenvalue weighted by atomic mass is 16.7. The van der Waals surface area contributed by atoms with E-state index in [1.807, 2.05) is 0 Å². The van der Waals surface area contributed by atoms with Crippen molar-refractivity contribution >= 4 is 0 Å². The predicted molar refractivity (Wildman–Crippen MR) is 55.9 cm³/mol. The summed E-state index contributed by atoms with van der Waals surface area (Å²) in [5.41, 5.74) is 1.75. The molecule has 1 spiro atoms. The summed E-state index contributed by atoms with van der Waals surface area (Å²) in [5.74, 6) is 1.24. The third kappa shape index (κ3) is 1.51. The molecule has 0 saturated carbocycles. The molecule has 2 rings (SSSR count). The molecule has 1 saturated heterocycles. The Morgan fingerprint density at radius 1 is 1.29 bits per heavy atom. The smallest absolute Gasteiger partial charge is 0.146 e. The van der Waals surface area contributed by atoms with Crippen molar-refractivity contribution < 1.29 is 9.47 Å². The van der Waals surface area contributed by atoms with Gasteiger partial charge in [0.05, 0.1) is 13.2 Å². The minimum atomic E-state index is 0.234. The molecule has 80 valence electrons. The Bertz CT molecular complexity index is 239. The summed E-state index contributed by atoms with van der Waals surface area (Å²) in [6.45, 7) is 9.04. The van der Waals surface area contributed by atoms with Crippen LogP contribution in [0.2, 0.25) is 0 Å². The molecule has 0 unspecified atom stereocenters. The van der Waals surface area contributed by atoms with Crippen molar-refractivity contribution in [2.45, 2.75) is 27.2 Å². The lowest BCUT2D eigenvalue weighted by Crippen LogP contribution is -2.48. The lowest BCUT2D eigenvalue weighted by molar-refractivity contribution is -0.193. The number of hydrogen-bond acceptors (Lipinski definition) is 2. The highest BCUT2D eigenvalue weighted by Gasteiger charge is 2.44. The Balaban J connectivity index is 2.23. The largest absolute Gasteiger partial charge is 0.355 e. The topological polar surface area (TPSA) is 18.5 Å². The van der Waals surface area contributed by atoms with Crippen molar-refractivity contribution in [1.82, 2.24) is 0 Å². The van der Waals surface area contributed by atoms with Gasteiger partial charge in [0.25, 0.3) is 0 Å². The van der Waals surface area contributed by atoms with Crippen LogP contribution in [0.15, 0.2) is 11.6 Å². The zero-order chi connectivity index (χ0) is 10.2. The van der Waals surface area contributed by atoms with Crippen LogP contribution in [0.25, 0.3) is 0 Å². The minimum Gasteiger partial charge on any atom is -0.355 e. The quantitative estimate of drug-likeness (QED) is 0.554. The lowest BCUT2D eigenvalue weighted by Gasteiger charge is -2.47. The summed E-state index contributed by atoms with van der Waals surface area (Å²) < 4.78 is 11.0. The van der Waals surface area contributed by atoms with Crippen LogP contribution < -0.4 is 0 Å². The zero-order valence-corrected chi connectivity index (χ0v) is 9.38. The molecule has 14 heavy (non-hydrogen) atoms. The van der Waals surface area contributed by atoms with Crippen LogP contribution in [0.1, 0.15) is 27.2 Å². The van der Waals surface area contributed by atoms with E-state index in [0.717, 1.165) is 13.2 Å². The molecule has 2 atom stereocenters. The maximum atomic E-state index is 5.49. The lowest BCUT2D eigenvalue weighted by atomic mass is 9.63. The van der Waals surface area contributed by atoms with Crippen LogP contribution in [0.5, 0.6) is 0 Å². The Labute approximate surface area is 86.3 Å². The molecule has 1 aliphatic carbocycles. The molecule has 0 radical (unpaired) electrons.